The van der Waals surface area contributed by atoms with Gasteiger partial charge in [-0.3, -0.25) is 4.90 Å². The summed E-state index contributed by atoms with van der Waals surface area (Å²) in [6.45, 7) is 5.19. The van der Waals surface area contributed by atoms with Crippen LogP contribution in [-0.4, -0.2) is 48.6 Å². The summed E-state index contributed by atoms with van der Waals surface area (Å²) in [5.41, 5.74) is 1.18. The lowest BCUT2D eigenvalue weighted by Crippen LogP contribution is -2.40. The molecule has 4 heterocycles. The largest absolute Gasteiger partial charge is 0.472 e. The van der Waals surface area contributed by atoms with E-state index in [0.717, 1.165) is 38.3 Å². The summed E-state index contributed by atoms with van der Waals surface area (Å²) in [7, 11) is 0. The van der Waals surface area contributed by atoms with E-state index in [-0.39, 0.29) is 12.1 Å². The third kappa shape index (κ3) is 3.87. The molecule has 4 atom stereocenters. The lowest BCUT2D eigenvalue weighted by molar-refractivity contribution is 0.0504. The van der Waals surface area contributed by atoms with Crippen LogP contribution in [0, 0.1) is 18.8 Å². The van der Waals surface area contributed by atoms with Gasteiger partial charge in [0.1, 0.15) is 18.3 Å². The van der Waals surface area contributed by atoms with Crippen molar-refractivity contribution in [2.75, 3.05) is 13.1 Å². The smallest absolute Gasteiger partial charge is 0.213 e. The third-order valence-electron chi connectivity index (χ3n) is 6.31. The van der Waals surface area contributed by atoms with Crippen LogP contribution >= 0.6 is 0 Å². The number of ether oxygens (including phenoxy) is 1. The minimum atomic E-state index is 0.0964. The molecule has 3 aromatic rings. The van der Waals surface area contributed by atoms with Crippen molar-refractivity contribution < 1.29 is 4.74 Å². The molecule has 5 rings (SSSR count). The SMILES string of the molecule is Cc1nccn1[C@H]1C[C@H]2CN(Cc3cncnc3)C[C@H]2C[C@@H]1Oc1ccccn1. The molecular weight excluding hydrogens is 364 g/mol. The molecule has 2 fully saturated rings. The maximum atomic E-state index is 6.41. The number of aromatic nitrogens is 5. The zero-order valence-corrected chi connectivity index (χ0v) is 16.6. The van der Waals surface area contributed by atoms with Crippen molar-refractivity contribution in [2.24, 2.45) is 11.8 Å². The fourth-order valence-electron chi connectivity index (χ4n) is 5.02. The topological polar surface area (TPSA) is 69.0 Å². The number of pyridine rings is 1. The van der Waals surface area contributed by atoms with Crippen LogP contribution in [-0.2, 0) is 6.54 Å². The van der Waals surface area contributed by atoms with E-state index >= 15 is 0 Å². The molecule has 0 bridgehead atoms. The Morgan fingerprint density at radius 2 is 1.86 bits per heavy atom. The van der Waals surface area contributed by atoms with E-state index in [2.05, 4.69) is 42.5 Å². The average Bonchev–Trinajstić information content (AvgIpc) is 3.34. The molecule has 29 heavy (non-hydrogen) atoms. The fourth-order valence-corrected chi connectivity index (χ4v) is 5.02. The van der Waals surface area contributed by atoms with Gasteiger partial charge in [0, 0.05) is 62.2 Å². The Morgan fingerprint density at radius 3 is 2.59 bits per heavy atom. The molecule has 7 heteroatoms. The maximum absolute atomic E-state index is 6.41. The second kappa shape index (κ2) is 7.91. The highest BCUT2D eigenvalue weighted by atomic mass is 16.5. The monoisotopic (exact) mass is 390 g/mol. The first-order valence-corrected chi connectivity index (χ1v) is 10.3. The van der Waals surface area contributed by atoms with Crippen molar-refractivity contribution in [3.63, 3.8) is 0 Å². The summed E-state index contributed by atoms with van der Waals surface area (Å²) in [5.74, 6) is 3.04. The normalized spacial score (nSPS) is 26.9. The van der Waals surface area contributed by atoms with Crippen molar-refractivity contribution in [3.05, 3.63) is 66.9 Å². The van der Waals surface area contributed by atoms with Gasteiger partial charge in [0.2, 0.25) is 5.88 Å². The Morgan fingerprint density at radius 1 is 1.03 bits per heavy atom. The molecule has 3 aromatic heterocycles. The summed E-state index contributed by atoms with van der Waals surface area (Å²) in [5, 5.41) is 0. The van der Waals surface area contributed by atoms with Crippen molar-refractivity contribution in [1.29, 1.82) is 0 Å². The number of imidazole rings is 1. The molecule has 0 radical (unpaired) electrons. The highest BCUT2D eigenvalue weighted by Crippen LogP contribution is 2.43. The highest BCUT2D eigenvalue weighted by molar-refractivity contribution is 5.12. The second-order valence-corrected chi connectivity index (χ2v) is 8.21. The number of hydrogen-bond acceptors (Lipinski definition) is 6. The van der Waals surface area contributed by atoms with Crippen LogP contribution in [0.1, 0.15) is 30.3 Å². The van der Waals surface area contributed by atoms with Crippen LogP contribution in [0.2, 0.25) is 0 Å². The second-order valence-electron chi connectivity index (χ2n) is 8.21. The van der Waals surface area contributed by atoms with E-state index in [1.807, 2.05) is 36.8 Å². The van der Waals surface area contributed by atoms with Gasteiger partial charge in [-0.05, 0) is 37.7 Å². The first-order valence-electron chi connectivity index (χ1n) is 10.3. The summed E-state index contributed by atoms with van der Waals surface area (Å²) < 4.78 is 8.70. The highest BCUT2D eigenvalue weighted by Gasteiger charge is 2.44. The Bertz CT molecular complexity index is 931. The fraction of sp³-hybridized carbons (Fsp3) is 0.455. The van der Waals surface area contributed by atoms with Gasteiger partial charge in [-0.25, -0.2) is 19.9 Å². The van der Waals surface area contributed by atoms with Gasteiger partial charge in [-0.1, -0.05) is 6.07 Å². The van der Waals surface area contributed by atoms with Crippen LogP contribution in [0.5, 0.6) is 5.88 Å². The van der Waals surface area contributed by atoms with Crippen molar-refractivity contribution in [1.82, 2.24) is 29.4 Å². The summed E-state index contributed by atoms with van der Waals surface area (Å²) in [6, 6.07) is 6.12. The van der Waals surface area contributed by atoms with Gasteiger partial charge in [0.25, 0.3) is 0 Å². The number of fused-ring (bicyclic) bond motifs is 1. The van der Waals surface area contributed by atoms with Gasteiger partial charge < -0.3 is 9.30 Å². The zero-order valence-electron chi connectivity index (χ0n) is 16.6. The molecule has 1 aliphatic heterocycles. The molecule has 2 aliphatic rings. The van der Waals surface area contributed by atoms with Crippen LogP contribution < -0.4 is 4.74 Å². The molecule has 0 unspecified atom stereocenters. The number of nitrogens with zero attached hydrogens (tertiary/aromatic N) is 6. The standard InChI is InChI=1S/C22H26N6O/c1-16-25-6-7-28(16)20-8-18-13-27(12-17-10-23-15-24-11-17)14-19(18)9-21(20)29-22-4-2-3-5-26-22/h2-7,10-11,15,18-21H,8-9,12-14H2,1H3/t18-,19+,20-,21-/m0/s1. The zero-order chi connectivity index (χ0) is 19.6. The first kappa shape index (κ1) is 18.2. The molecular formula is C22H26N6O. The van der Waals surface area contributed by atoms with E-state index < -0.39 is 0 Å². The maximum Gasteiger partial charge on any atom is 0.213 e. The molecule has 0 amide bonds. The molecule has 0 N–H and O–H groups in total. The predicted molar refractivity (Wildman–Crippen MR) is 108 cm³/mol. The van der Waals surface area contributed by atoms with Crippen LogP contribution in [0.3, 0.4) is 0 Å². The van der Waals surface area contributed by atoms with Gasteiger partial charge in [-0.15, -0.1) is 0 Å². The van der Waals surface area contributed by atoms with Gasteiger partial charge in [0.05, 0.1) is 6.04 Å². The third-order valence-corrected chi connectivity index (χ3v) is 6.31. The Labute approximate surface area is 170 Å². The lowest BCUT2D eigenvalue weighted by Gasteiger charge is -2.38. The lowest BCUT2D eigenvalue weighted by atomic mass is 9.77. The summed E-state index contributed by atoms with van der Waals surface area (Å²) >= 11 is 0. The number of likely N-dealkylation sites (tertiary alicyclic amines) is 1. The molecule has 0 spiro atoms. The Hall–Kier alpha value is -2.80. The Kier molecular flexibility index (Phi) is 4.97. The number of rotatable bonds is 5. The van der Waals surface area contributed by atoms with E-state index in [1.165, 1.54) is 5.56 Å². The molecule has 1 saturated carbocycles. The van der Waals surface area contributed by atoms with E-state index in [9.17, 15) is 0 Å². The number of aryl methyl sites for hydroxylation is 1. The van der Waals surface area contributed by atoms with Crippen molar-refractivity contribution >= 4 is 0 Å². The van der Waals surface area contributed by atoms with Crippen LogP contribution in [0.15, 0.2) is 55.5 Å². The van der Waals surface area contributed by atoms with Crippen molar-refractivity contribution in [3.8, 4) is 5.88 Å². The van der Waals surface area contributed by atoms with E-state index in [1.54, 1.807) is 12.5 Å². The first-order chi connectivity index (χ1) is 14.3. The molecule has 7 nitrogen and oxygen atoms in total. The minimum Gasteiger partial charge on any atom is -0.472 e. The van der Waals surface area contributed by atoms with Crippen LogP contribution in [0.25, 0.3) is 0 Å². The van der Waals surface area contributed by atoms with Gasteiger partial charge in [-0.2, -0.15) is 0 Å². The summed E-state index contributed by atoms with van der Waals surface area (Å²) in [4.78, 5) is 19.7. The van der Waals surface area contributed by atoms with Gasteiger partial charge >= 0.3 is 0 Å². The van der Waals surface area contributed by atoms with Gasteiger partial charge in [0.15, 0.2) is 0 Å². The summed E-state index contributed by atoms with van der Waals surface area (Å²) in [6.07, 6.45) is 13.4. The number of hydrogen-bond donors (Lipinski definition) is 0. The van der Waals surface area contributed by atoms with Crippen molar-refractivity contribution in [2.45, 2.75) is 38.5 Å². The molecule has 0 aromatic carbocycles. The Balaban J connectivity index is 1.35. The molecule has 1 aliphatic carbocycles. The molecule has 1 saturated heterocycles. The van der Waals surface area contributed by atoms with E-state index in [4.69, 9.17) is 4.74 Å². The van der Waals surface area contributed by atoms with E-state index in [0.29, 0.717) is 17.7 Å². The predicted octanol–water partition coefficient (Wildman–Crippen LogP) is 2.91. The minimum absolute atomic E-state index is 0.0964. The molecule has 150 valence electrons. The quantitative estimate of drug-likeness (QED) is 0.667. The van der Waals surface area contributed by atoms with Crippen LogP contribution in [0.4, 0.5) is 0 Å². The average molecular weight is 390 g/mol.